The molecule has 0 aliphatic carbocycles. The van der Waals surface area contributed by atoms with Gasteiger partial charge in [-0.05, 0) is 59.3 Å². The topological polar surface area (TPSA) is 102 Å². The minimum atomic E-state index is -0.862. The molecule has 204 valence electrons. The van der Waals surface area contributed by atoms with Gasteiger partial charge in [-0.15, -0.1) is 0 Å². The van der Waals surface area contributed by atoms with E-state index >= 15 is 0 Å². The smallest absolute Gasteiger partial charge is 0.308 e. The zero-order chi connectivity index (χ0) is 28.2. The van der Waals surface area contributed by atoms with E-state index in [0.717, 1.165) is 38.8 Å². The Morgan fingerprint density at radius 1 is 0.927 bits per heavy atom. The first kappa shape index (κ1) is 25.5. The number of benzene rings is 3. The second-order valence-corrected chi connectivity index (χ2v) is 11.9. The number of rotatable bonds is 5. The number of fused-ring (bicyclic) bond motifs is 3. The molecule has 0 radical (unpaired) electrons. The standard InChI is InChI=1S/C30H20FN3O5S2/c31-18-8-11-20(12-9-18)34-27(36)24-23(21-6-3-13-39-21)26-29(40-25(24)28(34)37)33(30(38)41-26)15-22(35)32-19-10-7-16-4-1-2-5-17(16)14-19/h1-14,23-25H,15H2,(H,32,35). The Kier molecular flexibility index (Phi) is 6.13. The number of aromatic nitrogens is 1. The monoisotopic (exact) mass is 585 g/mol. The molecule has 0 bridgehead atoms. The largest absolute Gasteiger partial charge is 0.469 e. The van der Waals surface area contributed by atoms with Gasteiger partial charge in [-0.25, -0.2) is 9.29 Å². The summed E-state index contributed by atoms with van der Waals surface area (Å²) in [6, 6.07) is 21.9. The lowest BCUT2D eigenvalue weighted by molar-refractivity contribution is -0.122. The third-order valence-corrected chi connectivity index (χ3v) is 9.92. The van der Waals surface area contributed by atoms with E-state index in [1.54, 1.807) is 18.2 Å². The lowest BCUT2D eigenvalue weighted by Gasteiger charge is -2.29. The summed E-state index contributed by atoms with van der Waals surface area (Å²) in [6.07, 6.45) is 1.47. The van der Waals surface area contributed by atoms with Gasteiger partial charge in [-0.2, -0.15) is 0 Å². The van der Waals surface area contributed by atoms with E-state index in [4.69, 9.17) is 4.42 Å². The van der Waals surface area contributed by atoms with Crippen LogP contribution in [-0.2, 0) is 20.9 Å². The van der Waals surface area contributed by atoms with E-state index in [-0.39, 0.29) is 17.1 Å². The number of thioether (sulfide) groups is 1. The molecule has 1 N–H and O–H groups in total. The maximum absolute atomic E-state index is 13.7. The molecule has 3 amide bonds. The van der Waals surface area contributed by atoms with Crippen molar-refractivity contribution >= 4 is 63.0 Å². The van der Waals surface area contributed by atoms with Crippen molar-refractivity contribution in [3.63, 3.8) is 0 Å². The summed E-state index contributed by atoms with van der Waals surface area (Å²) in [4.78, 5) is 55.0. The van der Waals surface area contributed by atoms with Crippen molar-refractivity contribution in [1.82, 2.24) is 4.57 Å². The summed E-state index contributed by atoms with van der Waals surface area (Å²) in [6.45, 7) is -0.267. The van der Waals surface area contributed by atoms with E-state index in [9.17, 15) is 23.6 Å². The first-order valence-corrected chi connectivity index (χ1v) is 14.4. The lowest BCUT2D eigenvalue weighted by atomic mass is 9.87. The number of nitrogens with zero attached hydrogens (tertiary/aromatic N) is 2. The number of thiazole rings is 1. The molecule has 0 spiro atoms. The molecule has 11 heteroatoms. The fraction of sp³-hybridized carbons (Fsp3) is 0.133. The number of carbonyl (C=O) groups excluding carboxylic acids is 3. The highest BCUT2D eigenvalue weighted by atomic mass is 32.2. The number of amides is 3. The molecule has 3 unspecified atom stereocenters. The summed E-state index contributed by atoms with van der Waals surface area (Å²) in [5, 5.41) is 4.46. The maximum Gasteiger partial charge on any atom is 0.308 e. The van der Waals surface area contributed by atoms with Gasteiger partial charge in [0.15, 0.2) is 0 Å². The van der Waals surface area contributed by atoms with Crippen molar-refractivity contribution < 1.29 is 23.2 Å². The summed E-state index contributed by atoms with van der Waals surface area (Å²) < 4.78 is 20.6. The highest BCUT2D eigenvalue weighted by Crippen LogP contribution is 2.53. The van der Waals surface area contributed by atoms with Crippen LogP contribution in [0.4, 0.5) is 15.8 Å². The molecule has 2 aliphatic heterocycles. The Morgan fingerprint density at radius 3 is 2.46 bits per heavy atom. The third-order valence-electron chi connectivity index (χ3n) is 7.32. The van der Waals surface area contributed by atoms with Crippen molar-refractivity contribution in [2.45, 2.75) is 22.7 Å². The summed E-state index contributed by atoms with van der Waals surface area (Å²) >= 11 is 2.04. The molecule has 3 atom stereocenters. The Hall–Kier alpha value is -4.48. The van der Waals surface area contributed by atoms with Crippen LogP contribution in [0.2, 0.25) is 0 Å². The summed E-state index contributed by atoms with van der Waals surface area (Å²) in [7, 11) is 0. The van der Waals surface area contributed by atoms with Crippen LogP contribution in [0.25, 0.3) is 10.8 Å². The molecule has 7 rings (SSSR count). The number of furan rings is 1. The predicted molar refractivity (Wildman–Crippen MR) is 154 cm³/mol. The fourth-order valence-corrected chi connectivity index (χ4v) is 8.24. The van der Waals surface area contributed by atoms with Crippen molar-refractivity contribution in [1.29, 1.82) is 0 Å². The van der Waals surface area contributed by atoms with Crippen molar-refractivity contribution in [2.24, 2.45) is 5.92 Å². The molecule has 2 aromatic heterocycles. The molecule has 8 nitrogen and oxygen atoms in total. The van der Waals surface area contributed by atoms with Gasteiger partial charge in [0.25, 0.3) is 0 Å². The molecule has 1 fully saturated rings. The highest BCUT2D eigenvalue weighted by Gasteiger charge is 2.57. The lowest BCUT2D eigenvalue weighted by Crippen LogP contribution is -2.32. The fourth-order valence-electron chi connectivity index (χ4n) is 5.49. The van der Waals surface area contributed by atoms with Gasteiger partial charge in [0.1, 0.15) is 23.4 Å². The van der Waals surface area contributed by atoms with E-state index in [1.165, 1.54) is 35.1 Å². The van der Waals surface area contributed by atoms with Crippen LogP contribution < -0.4 is 15.1 Å². The average molecular weight is 586 g/mol. The Balaban J connectivity index is 1.23. The van der Waals surface area contributed by atoms with Crippen molar-refractivity contribution in [3.8, 4) is 0 Å². The molecule has 41 heavy (non-hydrogen) atoms. The minimum Gasteiger partial charge on any atom is -0.469 e. The van der Waals surface area contributed by atoms with Crippen molar-refractivity contribution in [2.75, 3.05) is 10.2 Å². The van der Waals surface area contributed by atoms with Crippen LogP contribution in [0.5, 0.6) is 0 Å². The summed E-state index contributed by atoms with van der Waals surface area (Å²) in [5.41, 5.74) is 0.864. The van der Waals surface area contributed by atoms with Gasteiger partial charge < -0.3 is 9.73 Å². The van der Waals surface area contributed by atoms with Crippen LogP contribution in [0.15, 0.2) is 99.4 Å². The van der Waals surface area contributed by atoms with E-state index in [0.29, 0.717) is 21.4 Å². The maximum atomic E-state index is 13.7. The molecule has 5 aromatic rings. The van der Waals surface area contributed by atoms with Crippen LogP contribution >= 0.6 is 23.1 Å². The quantitative estimate of drug-likeness (QED) is 0.284. The molecular formula is C30H20FN3O5S2. The summed E-state index contributed by atoms with van der Waals surface area (Å²) in [5.74, 6) is -2.90. The number of carbonyl (C=O) groups is 3. The average Bonchev–Trinajstić information content (AvgIpc) is 3.66. The Labute approximate surface area is 240 Å². The number of hydrogen-bond acceptors (Lipinski definition) is 7. The molecule has 4 heterocycles. The second kappa shape index (κ2) is 9.86. The van der Waals surface area contributed by atoms with Gasteiger partial charge in [0.05, 0.1) is 33.7 Å². The molecule has 3 aromatic carbocycles. The molecule has 0 saturated carbocycles. The normalized spacial score (nSPS) is 19.8. The van der Waals surface area contributed by atoms with Crippen molar-refractivity contribution in [3.05, 3.63) is 111 Å². The third kappa shape index (κ3) is 4.28. The van der Waals surface area contributed by atoms with E-state index in [1.807, 2.05) is 36.4 Å². The number of anilines is 2. The number of halogens is 1. The molecular weight excluding hydrogens is 565 g/mol. The van der Waals surface area contributed by atoms with Crippen LogP contribution in [0.3, 0.4) is 0 Å². The van der Waals surface area contributed by atoms with Gasteiger partial charge in [0, 0.05) is 5.69 Å². The first-order chi connectivity index (χ1) is 19.9. The first-order valence-electron chi connectivity index (χ1n) is 12.7. The molecule has 1 saturated heterocycles. The number of nitrogens with one attached hydrogen (secondary N) is 1. The second-order valence-electron chi connectivity index (χ2n) is 9.78. The minimum absolute atomic E-state index is 0.267. The Morgan fingerprint density at radius 2 is 1.71 bits per heavy atom. The zero-order valence-electron chi connectivity index (χ0n) is 21.2. The zero-order valence-corrected chi connectivity index (χ0v) is 22.8. The van der Waals surface area contributed by atoms with Gasteiger partial charge in [-0.1, -0.05) is 53.4 Å². The van der Waals surface area contributed by atoms with E-state index in [2.05, 4.69) is 5.32 Å². The number of imide groups is 1. The van der Waals surface area contributed by atoms with Gasteiger partial charge in [-0.3, -0.25) is 23.7 Å². The van der Waals surface area contributed by atoms with E-state index < -0.39 is 40.6 Å². The SMILES string of the molecule is O=C(Cn1c2c(sc1=O)C(c1ccco1)C1C(=O)N(c3ccc(F)cc3)C(=O)C1S2)Nc1ccc2ccccc2c1. The predicted octanol–water partition coefficient (Wildman–Crippen LogP) is 5.23. The number of hydrogen-bond donors (Lipinski definition) is 1. The van der Waals surface area contributed by atoms with Gasteiger partial charge >= 0.3 is 4.87 Å². The molecule has 2 aliphatic rings. The van der Waals surface area contributed by atoms with Crippen LogP contribution in [0.1, 0.15) is 16.6 Å². The van der Waals surface area contributed by atoms with Crippen LogP contribution in [-0.4, -0.2) is 27.5 Å². The van der Waals surface area contributed by atoms with Crippen LogP contribution in [0, 0.1) is 11.7 Å². The highest BCUT2D eigenvalue weighted by molar-refractivity contribution is 8.00. The van der Waals surface area contributed by atoms with Gasteiger partial charge in [0.2, 0.25) is 17.7 Å². The Bertz CT molecular complexity index is 1900.